The molecule has 0 saturated heterocycles. The molecule has 3 heteroatoms. The van der Waals surface area contributed by atoms with Gasteiger partial charge in [-0.2, -0.15) is 0 Å². The lowest BCUT2D eigenvalue weighted by atomic mass is 10.2. The van der Waals surface area contributed by atoms with Crippen molar-refractivity contribution in [1.29, 1.82) is 0 Å². The molecule has 0 fully saturated rings. The molecule has 0 aromatic heterocycles. The Hall–Kier alpha value is -1.17. The van der Waals surface area contributed by atoms with Crippen LogP contribution in [-0.4, -0.2) is 13.7 Å². The van der Waals surface area contributed by atoms with Crippen molar-refractivity contribution < 1.29 is 4.74 Å². The Morgan fingerprint density at radius 1 is 1.50 bits per heavy atom. The second-order valence-corrected chi connectivity index (χ2v) is 3.81. The smallest absolute Gasteiger partial charge is 0.125 e. The molecule has 2 nitrogen and oxygen atoms in total. The van der Waals surface area contributed by atoms with Crippen molar-refractivity contribution in [2.75, 3.05) is 13.7 Å². The Kier molecular flexibility index (Phi) is 5.77. The maximum atomic E-state index is 6.10. The molecule has 0 radical (unpaired) electrons. The van der Waals surface area contributed by atoms with Crippen molar-refractivity contribution in [2.45, 2.75) is 19.4 Å². The Morgan fingerprint density at radius 2 is 2.31 bits per heavy atom. The van der Waals surface area contributed by atoms with Gasteiger partial charge in [-0.25, -0.2) is 0 Å². The molecule has 1 N–H and O–H groups in total. The van der Waals surface area contributed by atoms with Crippen molar-refractivity contribution >= 4 is 11.6 Å². The minimum Gasteiger partial charge on any atom is -0.493 e. The maximum Gasteiger partial charge on any atom is 0.125 e. The normalized spacial score (nSPS) is 9.81. The molecule has 0 aliphatic heterocycles. The number of benzene rings is 1. The summed E-state index contributed by atoms with van der Waals surface area (Å²) in [6.45, 7) is 1.32. The highest BCUT2D eigenvalue weighted by atomic mass is 35.5. The molecular weight excluding hydrogens is 222 g/mol. The number of nitrogens with one attached hydrogen (secondary N) is 1. The van der Waals surface area contributed by atoms with E-state index in [9.17, 15) is 0 Å². The molecule has 0 aliphatic rings. The van der Waals surface area contributed by atoms with Gasteiger partial charge in [0.25, 0.3) is 0 Å². The summed E-state index contributed by atoms with van der Waals surface area (Å²) in [5, 5.41) is 3.80. The largest absolute Gasteiger partial charge is 0.493 e. The van der Waals surface area contributed by atoms with Crippen LogP contribution in [0.2, 0.25) is 5.02 Å². The number of ether oxygens (including phenoxy) is 1. The summed E-state index contributed by atoms with van der Waals surface area (Å²) in [5.41, 5.74) is 0.993. The minimum atomic E-state index is 0.626. The second-order valence-electron chi connectivity index (χ2n) is 3.40. The molecular formula is C13H16ClNO. The van der Waals surface area contributed by atoms with Crippen LogP contribution in [0.15, 0.2) is 18.2 Å². The van der Waals surface area contributed by atoms with Crippen LogP contribution >= 0.6 is 11.6 Å². The summed E-state index contributed by atoms with van der Waals surface area (Å²) in [4.78, 5) is 0. The van der Waals surface area contributed by atoms with E-state index >= 15 is 0 Å². The second kappa shape index (κ2) is 7.16. The van der Waals surface area contributed by atoms with E-state index in [0.717, 1.165) is 29.2 Å². The Morgan fingerprint density at radius 3 is 3.00 bits per heavy atom. The lowest BCUT2D eigenvalue weighted by molar-refractivity contribution is 0.309. The molecule has 1 aromatic carbocycles. The predicted molar refractivity (Wildman–Crippen MR) is 67.8 cm³/mol. The topological polar surface area (TPSA) is 21.3 Å². The average Bonchev–Trinajstić information content (AvgIpc) is 2.29. The van der Waals surface area contributed by atoms with Gasteiger partial charge in [0.15, 0.2) is 0 Å². The van der Waals surface area contributed by atoms with Crippen LogP contribution in [0.4, 0.5) is 0 Å². The number of unbranched alkanes of at least 4 members (excludes halogenated alkanes) is 1. The van der Waals surface area contributed by atoms with E-state index in [1.165, 1.54) is 0 Å². The highest BCUT2D eigenvalue weighted by Gasteiger charge is 2.06. The molecule has 1 aromatic rings. The quantitative estimate of drug-likeness (QED) is 0.607. The fraction of sp³-hybridized carbons (Fsp3) is 0.385. The van der Waals surface area contributed by atoms with Crippen LogP contribution in [0, 0.1) is 12.3 Å². The molecule has 0 bridgehead atoms. The summed E-state index contributed by atoms with van der Waals surface area (Å²) in [5.74, 6) is 3.42. The van der Waals surface area contributed by atoms with Gasteiger partial charge in [0.05, 0.1) is 6.61 Å². The van der Waals surface area contributed by atoms with E-state index in [2.05, 4.69) is 11.2 Å². The first-order valence-electron chi connectivity index (χ1n) is 5.28. The maximum absolute atomic E-state index is 6.10. The van der Waals surface area contributed by atoms with Gasteiger partial charge in [0, 0.05) is 23.6 Å². The van der Waals surface area contributed by atoms with Gasteiger partial charge in [0.1, 0.15) is 5.75 Å². The third kappa shape index (κ3) is 3.77. The lowest BCUT2D eigenvalue weighted by Gasteiger charge is -2.12. The first-order chi connectivity index (χ1) is 7.79. The fourth-order valence-corrected chi connectivity index (χ4v) is 1.61. The fourth-order valence-electron chi connectivity index (χ4n) is 1.38. The lowest BCUT2D eigenvalue weighted by Crippen LogP contribution is -2.08. The zero-order valence-corrected chi connectivity index (χ0v) is 10.2. The molecule has 0 saturated carbocycles. The van der Waals surface area contributed by atoms with Crippen LogP contribution < -0.4 is 10.1 Å². The SMILES string of the molecule is C#CCCCOc1cccc(Cl)c1CNC. The number of halogens is 1. The first-order valence-corrected chi connectivity index (χ1v) is 5.65. The number of hydrogen-bond donors (Lipinski definition) is 1. The van der Waals surface area contributed by atoms with Gasteiger partial charge in [-0.3, -0.25) is 0 Å². The highest BCUT2D eigenvalue weighted by Crippen LogP contribution is 2.26. The summed E-state index contributed by atoms with van der Waals surface area (Å²) in [6, 6.07) is 5.68. The molecule has 0 amide bonds. The van der Waals surface area contributed by atoms with E-state index in [0.29, 0.717) is 13.2 Å². The van der Waals surface area contributed by atoms with Crippen LogP contribution in [0.25, 0.3) is 0 Å². The zero-order chi connectivity index (χ0) is 11.8. The van der Waals surface area contributed by atoms with Gasteiger partial charge < -0.3 is 10.1 Å². The third-order valence-corrected chi connectivity index (χ3v) is 2.51. The standard InChI is InChI=1S/C13H16ClNO/c1-3-4-5-9-16-13-8-6-7-12(14)11(13)10-15-2/h1,6-8,15H,4-5,9-10H2,2H3. The van der Waals surface area contributed by atoms with Crippen LogP contribution in [0.1, 0.15) is 18.4 Å². The molecule has 0 aliphatic carbocycles. The van der Waals surface area contributed by atoms with Crippen LogP contribution in [0.5, 0.6) is 5.75 Å². The van der Waals surface area contributed by atoms with Crippen molar-refractivity contribution in [3.8, 4) is 18.1 Å². The first kappa shape index (κ1) is 12.9. The van der Waals surface area contributed by atoms with Gasteiger partial charge >= 0.3 is 0 Å². The number of hydrogen-bond acceptors (Lipinski definition) is 2. The Labute approximate surface area is 102 Å². The van der Waals surface area contributed by atoms with E-state index in [1.807, 2.05) is 25.2 Å². The minimum absolute atomic E-state index is 0.626. The molecule has 0 unspecified atom stereocenters. The van der Waals surface area contributed by atoms with Crippen molar-refractivity contribution in [2.24, 2.45) is 0 Å². The Bertz CT molecular complexity index is 371. The van der Waals surface area contributed by atoms with Crippen LogP contribution in [0.3, 0.4) is 0 Å². The average molecular weight is 238 g/mol. The van der Waals surface area contributed by atoms with Gasteiger partial charge in [-0.05, 0) is 25.6 Å². The molecule has 0 heterocycles. The summed E-state index contributed by atoms with van der Waals surface area (Å²) >= 11 is 6.10. The monoisotopic (exact) mass is 237 g/mol. The van der Waals surface area contributed by atoms with Crippen molar-refractivity contribution in [3.05, 3.63) is 28.8 Å². The molecule has 86 valence electrons. The predicted octanol–water partition coefficient (Wildman–Crippen LogP) is 2.85. The molecule has 0 atom stereocenters. The summed E-state index contributed by atoms with van der Waals surface area (Å²) in [6.07, 6.45) is 6.77. The third-order valence-electron chi connectivity index (χ3n) is 2.15. The van der Waals surface area contributed by atoms with Gasteiger partial charge in [-0.15, -0.1) is 12.3 Å². The summed E-state index contributed by atoms with van der Waals surface area (Å²) < 4.78 is 5.65. The number of terminal acetylenes is 1. The highest BCUT2D eigenvalue weighted by molar-refractivity contribution is 6.31. The van der Waals surface area contributed by atoms with Crippen molar-refractivity contribution in [3.63, 3.8) is 0 Å². The zero-order valence-electron chi connectivity index (χ0n) is 9.42. The van der Waals surface area contributed by atoms with Crippen LogP contribution in [-0.2, 0) is 6.54 Å². The molecule has 16 heavy (non-hydrogen) atoms. The van der Waals surface area contributed by atoms with E-state index in [1.54, 1.807) is 0 Å². The van der Waals surface area contributed by atoms with Gasteiger partial charge in [0.2, 0.25) is 0 Å². The molecule has 0 spiro atoms. The molecule has 1 rings (SSSR count). The summed E-state index contributed by atoms with van der Waals surface area (Å²) in [7, 11) is 1.88. The van der Waals surface area contributed by atoms with E-state index in [-0.39, 0.29) is 0 Å². The van der Waals surface area contributed by atoms with E-state index < -0.39 is 0 Å². The van der Waals surface area contributed by atoms with Crippen molar-refractivity contribution in [1.82, 2.24) is 5.32 Å². The van der Waals surface area contributed by atoms with Gasteiger partial charge in [-0.1, -0.05) is 17.7 Å². The Balaban J connectivity index is 2.64. The number of rotatable bonds is 6. The van der Waals surface area contributed by atoms with E-state index in [4.69, 9.17) is 22.8 Å².